The van der Waals surface area contributed by atoms with Crippen molar-refractivity contribution in [1.29, 1.82) is 0 Å². The minimum absolute atomic E-state index is 0.0954. The highest BCUT2D eigenvalue weighted by atomic mass is 32.1. The summed E-state index contributed by atoms with van der Waals surface area (Å²) in [4.78, 5) is 4.53. The van der Waals surface area contributed by atoms with E-state index in [0.717, 1.165) is 10.7 Å². The molecule has 1 aromatic heterocycles. The molecule has 1 heterocycles. The topological polar surface area (TPSA) is 33.1 Å². The van der Waals surface area contributed by atoms with Gasteiger partial charge in [-0.25, -0.2) is 4.98 Å². The van der Waals surface area contributed by atoms with E-state index in [-0.39, 0.29) is 11.5 Å². The van der Waals surface area contributed by atoms with Crippen molar-refractivity contribution in [3.8, 4) is 0 Å². The highest BCUT2D eigenvalue weighted by Gasteiger charge is 2.18. The minimum Gasteiger partial charge on any atom is -0.392 e. The highest BCUT2D eigenvalue weighted by molar-refractivity contribution is 7.09. The third kappa shape index (κ3) is 3.76. The first-order valence-corrected chi connectivity index (χ1v) is 6.05. The Morgan fingerprint density at radius 3 is 2.73 bits per heavy atom. The summed E-state index contributed by atoms with van der Waals surface area (Å²) in [7, 11) is 0. The second kappa shape index (κ2) is 4.90. The maximum absolute atomic E-state index is 9.61. The summed E-state index contributed by atoms with van der Waals surface area (Å²) in [5, 5.41) is 12.7. The fourth-order valence-corrected chi connectivity index (χ4v) is 2.32. The number of thiazole rings is 1. The lowest BCUT2D eigenvalue weighted by Gasteiger charge is -2.14. The Kier molecular flexibility index (Phi) is 4.05. The van der Waals surface area contributed by atoms with Crippen molar-refractivity contribution >= 4 is 11.3 Å². The van der Waals surface area contributed by atoms with Crippen LogP contribution in [0.3, 0.4) is 0 Å². The molecule has 3 heteroatoms. The first kappa shape index (κ1) is 12.4. The lowest BCUT2D eigenvalue weighted by Crippen LogP contribution is -2.13. The first-order chi connectivity index (χ1) is 6.93. The average Bonchev–Trinajstić information content (AvgIpc) is 2.52. The molecule has 15 heavy (non-hydrogen) atoms. The Balaban J connectivity index is 2.64. The summed E-state index contributed by atoms with van der Waals surface area (Å²) in [5.41, 5.74) is 1.20. The van der Waals surface area contributed by atoms with Gasteiger partial charge in [-0.15, -0.1) is 17.9 Å². The number of rotatable bonds is 4. The van der Waals surface area contributed by atoms with Gasteiger partial charge in [0.2, 0.25) is 0 Å². The quantitative estimate of drug-likeness (QED) is 0.799. The first-order valence-electron chi connectivity index (χ1n) is 5.17. The van der Waals surface area contributed by atoms with Crippen LogP contribution in [0.4, 0.5) is 0 Å². The number of hydrogen-bond acceptors (Lipinski definition) is 3. The summed E-state index contributed by atoms with van der Waals surface area (Å²) in [5.74, 6) is 0. The Morgan fingerprint density at radius 2 is 2.27 bits per heavy atom. The van der Waals surface area contributed by atoms with Gasteiger partial charge in [-0.2, -0.15) is 0 Å². The normalized spacial score (nSPS) is 13.9. The molecule has 0 amide bonds. The van der Waals surface area contributed by atoms with Gasteiger partial charge in [0.05, 0.1) is 16.8 Å². The van der Waals surface area contributed by atoms with Crippen molar-refractivity contribution in [2.45, 2.75) is 45.1 Å². The van der Waals surface area contributed by atoms with Gasteiger partial charge in [-0.1, -0.05) is 26.8 Å². The van der Waals surface area contributed by atoms with E-state index < -0.39 is 0 Å². The van der Waals surface area contributed by atoms with E-state index in [1.54, 1.807) is 17.4 Å². The van der Waals surface area contributed by atoms with Gasteiger partial charge in [-0.3, -0.25) is 0 Å². The molecule has 1 atom stereocenters. The lowest BCUT2D eigenvalue weighted by molar-refractivity contribution is 0.178. The molecule has 1 unspecified atom stereocenters. The van der Waals surface area contributed by atoms with Crippen LogP contribution in [0, 0.1) is 0 Å². The SMILES string of the molecule is C=CCC(O)Cc1nc(C(C)(C)C)cs1. The van der Waals surface area contributed by atoms with Crippen LogP contribution in [0.15, 0.2) is 18.0 Å². The second-order valence-electron chi connectivity index (χ2n) is 4.76. The highest BCUT2D eigenvalue weighted by Crippen LogP contribution is 2.24. The molecule has 0 aliphatic carbocycles. The van der Waals surface area contributed by atoms with Crippen molar-refractivity contribution in [2.75, 3.05) is 0 Å². The molecule has 1 aromatic rings. The van der Waals surface area contributed by atoms with Crippen molar-refractivity contribution in [1.82, 2.24) is 4.98 Å². The Bertz CT molecular complexity index is 325. The number of nitrogens with zero attached hydrogens (tertiary/aromatic N) is 1. The maximum atomic E-state index is 9.61. The van der Waals surface area contributed by atoms with Gasteiger partial charge in [0.25, 0.3) is 0 Å². The van der Waals surface area contributed by atoms with Crippen LogP contribution in [0.5, 0.6) is 0 Å². The van der Waals surface area contributed by atoms with E-state index >= 15 is 0 Å². The summed E-state index contributed by atoms with van der Waals surface area (Å²) in [6.07, 6.45) is 2.65. The Labute approximate surface area is 95.7 Å². The monoisotopic (exact) mass is 225 g/mol. The van der Waals surface area contributed by atoms with Crippen molar-refractivity contribution in [3.05, 3.63) is 28.7 Å². The minimum atomic E-state index is -0.346. The molecule has 84 valence electrons. The summed E-state index contributed by atoms with van der Waals surface area (Å²) < 4.78 is 0. The fraction of sp³-hybridized carbons (Fsp3) is 0.583. The van der Waals surface area contributed by atoms with E-state index in [9.17, 15) is 5.11 Å². The van der Waals surface area contributed by atoms with E-state index in [1.165, 1.54) is 0 Å². The van der Waals surface area contributed by atoms with E-state index in [0.29, 0.717) is 12.8 Å². The largest absolute Gasteiger partial charge is 0.392 e. The van der Waals surface area contributed by atoms with Gasteiger partial charge >= 0.3 is 0 Å². The summed E-state index contributed by atoms with van der Waals surface area (Å²) >= 11 is 1.63. The van der Waals surface area contributed by atoms with E-state index in [2.05, 4.69) is 37.7 Å². The van der Waals surface area contributed by atoms with Crippen molar-refractivity contribution in [2.24, 2.45) is 0 Å². The van der Waals surface area contributed by atoms with Gasteiger partial charge < -0.3 is 5.11 Å². The predicted octanol–water partition coefficient (Wildman–Crippen LogP) is 2.92. The molecular weight excluding hydrogens is 206 g/mol. The Hall–Kier alpha value is -0.670. The molecule has 0 bridgehead atoms. The number of aliphatic hydroxyl groups excluding tert-OH is 1. The Morgan fingerprint density at radius 1 is 1.60 bits per heavy atom. The smallest absolute Gasteiger partial charge is 0.0954 e. The second-order valence-corrected chi connectivity index (χ2v) is 5.70. The molecule has 0 aliphatic rings. The standard InChI is InChI=1S/C12H19NOS/c1-5-6-9(14)7-11-13-10(8-15-11)12(2,3)4/h5,8-9,14H,1,6-7H2,2-4H3. The maximum Gasteiger partial charge on any atom is 0.0954 e. The predicted molar refractivity (Wildman–Crippen MR) is 65.3 cm³/mol. The molecule has 0 saturated carbocycles. The van der Waals surface area contributed by atoms with Gasteiger partial charge in [0, 0.05) is 17.2 Å². The molecule has 1 rings (SSSR count). The molecule has 0 saturated heterocycles. The molecule has 0 aliphatic heterocycles. The van der Waals surface area contributed by atoms with Crippen LogP contribution in [0.1, 0.15) is 37.9 Å². The lowest BCUT2D eigenvalue weighted by atomic mass is 9.93. The molecule has 1 N–H and O–H groups in total. The van der Waals surface area contributed by atoms with E-state index in [1.807, 2.05) is 0 Å². The molecule has 0 fully saturated rings. The number of aliphatic hydroxyl groups is 1. The molecular formula is C12H19NOS. The van der Waals surface area contributed by atoms with Crippen LogP contribution in [0.2, 0.25) is 0 Å². The molecule has 0 spiro atoms. The molecule has 0 radical (unpaired) electrons. The third-order valence-electron chi connectivity index (χ3n) is 2.17. The van der Waals surface area contributed by atoms with E-state index in [4.69, 9.17) is 0 Å². The zero-order chi connectivity index (χ0) is 11.5. The van der Waals surface area contributed by atoms with Gasteiger partial charge in [0.1, 0.15) is 0 Å². The fourth-order valence-electron chi connectivity index (χ4n) is 1.23. The van der Waals surface area contributed by atoms with Crippen molar-refractivity contribution < 1.29 is 5.11 Å². The average molecular weight is 225 g/mol. The summed E-state index contributed by atoms with van der Waals surface area (Å²) in [6, 6.07) is 0. The number of aromatic nitrogens is 1. The van der Waals surface area contributed by atoms with Crippen LogP contribution in [0.25, 0.3) is 0 Å². The van der Waals surface area contributed by atoms with Crippen molar-refractivity contribution in [3.63, 3.8) is 0 Å². The number of hydrogen-bond donors (Lipinski definition) is 1. The summed E-state index contributed by atoms with van der Waals surface area (Å²) in [6.45, 7) is 10.0. The zero-order valence-electron chi connectivity index (χ0n) is 9.66. The van der Waals surface area contributed by atoms with Crippen LogP contribution >= 0.6 is 11.3 Å². The third-order valence-corrected chi connectivity index (χ3v) is 3.04. The zero-order valence-corrected chi connectivity index (χ0v) is 10.5. The van der Waals surface area contributed by atoms with Crippen LogP contribution in [-0.2, 0) is 11.8 Å². The van der Waals surface area contributed by atoms with Crippen LogP contribution < -0.4 is 0 Å². The molecule has 0 aromatic carbocycles. The van der Waals surface area contributed by atoms with Gasteiger partial charge in [0.15, 0.2) is 0 Å². The van der Waals surface area contributed by atoms with Gasteiger partial charge in [-0.05, 0) is 6.42 Å². The molecule has 2 nitrogen and oxygen atoms in total. The van der Waals surface area contributed by atoms with Crippen LogP contribution in [-0.4, -0.2) is 16.2 Å².